The maximum atomic E-state index is 11.2. The molecule has 2 aromatic heterocycles. The first kappa shape index (κ1) is 23.8. The van der Waals surface area contributed by atoms with E-state index in [0.29, 0.717) is 29.5 Å². The molecule has 0 saturated heterocycles. The molecule has 5 rings (SSSR count). The number of aromatic nitrogens is 5. The predicted molar refractivity (Wildman–Crippen MR) is 130 cm³/mol. The number of carbonyl (C=O) groups is 1. The van der Waals surface area contributed by atoms with Crippen molar-refractivity contribution in [3.63, 3.8) is 0 Å². The highest BCUT2D eigenvalue weighted by Gasteiger charge is 2.33. The zero-order chi connectivity index (χ0) is 25.2. The second-order valence-corrected chi connectivity index (χ2v) is 8.71. The van der Waals surface area contributed by atoms with Crippen molar-refractivity contribution in [2.45, 2.75) is 31.6 Å². The Kier molecular flexibility index (Phi) is 6.62. The molecule has 1 aliphatic heterocycles. The highest BCUT2D eigenvalue weighted by Crippen LogP contribution is 2.46. The van der Waals surface area contributed by atoms with Crippen LogP contribution in [-0.2, 0) is 22.5 Å². The van der Waals surface area contributed by atoms with E-state index in [9.17, 15) is 9.90 Å². The number of fused-ring (bicyclic) bond motifs is 3. The molecule has 0 aliphatic carbocycles. The number of aryl methyl sites for hydroxylation is 1. The quantitative estimate of drug-likeness (QED) is 0.379. The lowest BCUT2D eigenvalue weighted by Crippen LogP contribution is -2.16. The number of rotatable bonds is 8. The first-order valence-electron chi connectivity index (χ1n) is 11.3. The molecule has 1 aliphatic rings. The number of aliphatic carboxylic acids is 1. The summed E-state index contributed by atoms with van der Waals surface area (Å²) >= 11 is 6.45. The standard InChI is InChI=1S/C25H24ClN5O5/c1-34-21-7-3-5-16(25(21)35-2)24-17-13-15(26)8-9-18(17)30-11-4-6-19(30)20(36-24)10-12-31-22(14-23(32)33)27-28-29-31/h3-9,11,13,20,24H,10,12,14H2,1-2H3,(H,32,33)/t20-,24-/m1/s1. The van der Waals surface area contributed by atoms with Gasteiger partial charge in [0, 0.05) is 28.9 Å². The molecule has 0 bridgehead atoms. The Morgan fingerprint density at radius 2 is 2.00 bits per heavy atom. The largest absolute Gasteiger partial charge is 0.493 e. The van der Waals surface area contributed by atoms with Gasteiger partial charge in [-0.1, -0.05) is 23.7 Å². The number of halogens is 1. The fourth-order valence-corrected chi connectivity index (χ4v) is 4.79. The molecule has 0 radical (unpaired) electrons. The third-order valence-electron chi connectivity index (χ3n) is 6.18. The van der Waals surface area contributed by atoms with Crippen LogP contribution >= 0.6 is 11.6 Å². The second-order valence-electron chi connectivity index (χ2n) is 8.27. The van der Waals surface area contributed by atoms with Crippen LogP contribution in [-0.4, -0.2) is 50.1 Å². The summed E-state index contributed by atoms with van der Waals surface area (Å²) < 4.78 is 21.7. The molecular formula is C25H24ClN5O5. The number of benzene rings is 2. The van der Waals surface area contributed by atoms with Crippen LogP contribution in [0.3, 0.4) is 0 Å². The number of hydrogen-bond acceptors (Lipinski definition) is 7. The molecule has 0 saturated carbocycles. The minimum absolute atomic E-state index is 0.261. The number of hydrogen-bond donors (Lipinski definition) is 1. The lowest BCUT2D eigenvalue weighted by atomic mass is 9.98. The van der Waals surface area contributed by atoms with Gasteiger partial charge in [-0.05, 0) is 53.2 Å². The molecule has 0 unspecified atom stereocenters. The SMILES string of the molecule is COc1cccc([C@H]2O[C@H](CCn3nnnc3CC(=O)O)c3cccn3-c3ccc(Cl)cc32)c1OC. The normalized spacial score (nSPS) is 16.6. The van der Waals surface area contributed by atoms with Crippen molar-refractivity contribution in [1.82, 2.24) is 24.8 Å². The Hall–Kier alpha value is -3.89. The van der Waals surface area contributed by atoms with Gasteiger partial charge in [-0.25, -0.2) is 4.68 Å². The Morgan fingerprint density at radius 1 is 1.14 bits per heavy atom. The van der Waals surface area contributed by atoms with E-state index in [2.05, 4.69) is 20.1 Å². The van der Waals surface area contributed by atoms with Gasteiger partial charge in [-0.2, -0.15) is 0 Å². The molecule has 3 heterocycles. The van der Waals surface area contributed by atoms with E-state index < -0.39 is 12.1 Å². The van der Waals surface area contributed by atoms with Crippen molar-refractivity contribution in [3.05, 3.63) is 82.4 Å². The van der Waals surface area contributed by atoms with Crippen LogP contribution in [0.1, 0.15) is 41.3 Å². The van der Waals surface area contributed by atoms with Crippen molar-refractivity contribution >= 4 is 17.6 Å². The van der Waals surface area contributed by atoms with Crippen molar-refractivity contribution in [1.29, 1.82) is 0 Å². The third kappa shape index (κ3) is 4.40. The first-order valence-corrected chi connectivity index (χ1v) is 11.7. The van der Waals surface area contributed by atoms with Gasteiger partial charge in [-0.3, -0.25) is 4.79 Å². The van der Waals surface area contributed by atoms with Crippen LogP contribution in [0.4, 0.5) is 0 Å². The Balaban J connectivity index is 1.58. The monoisotopic (exact) mass is 509 g/mol. The van der Waals surface area contributed by atoms with Crippen LogP contribution in [0.15, 0.2) is 54.7 Å². The zero-order valence-corrected chi connectivity index (χ0v) is 20.4. The van der Waals surface area contributed by atoms with Crippen molar-refractivity contribution in [3.8, 4) is 17.2 Å². The molecule has 4 aromatic rings. The summed E-state index contributed by atoms with van der Waals surface area (Å²) in [7, 11) is 3.19. The van der Waals surface area contributed by atoms with Gasteiger partial charge < -0.3 is 23.9 Å². The Morgan fingerprint density at radius 3 is 2.78 bits per heavy atom. The number of para-hydroxylation sites is 1. The minimum Gasteiger partial charge on any atom is -0.493 e. The molecule has 36 heavy (non-hydrogen) atoms. The molecule has 11 heteroatoms. The van der Waals surface area contributed by atoms with Crippen molar-refractivity contribution in [2.24, 2.45) is 0 Å². The van der Waals surface area contributed by atoms with E-state index >= 15 is 0 Å². The van der Waals surface area contributed by atoms with Crippen molar-refractivity contribution < 1.29 is 24.1 Å². The van der Waals surface area contributed by atoms with Crippen LogP contribution < -0.4 is 9.47 Å². The topological polar surface area (TPSA) is 114 Å². The number of ether oxygens (including phenoxy) is 3. The summed E-state index contributed by atoms with van der Waals surface area (Å²) in [5.41, 5.74) is 3.55. The average molecular weight is 510 g/mol. The molecule has 10 nitrogen and oxygen atoms in total. The summed E-state index contributed by atoms with van der Waals surface area (Å²) in [5.74, 6) is 0.454. The maximum absolute atomic E-state index is 11.2. The van der Waals surface area contributed by atoms with Crippen LogP contribution in [0.2, 0.25) is 5.02 Å². The molecule has 2 aromatic carbocycles. The summed E-state index contributed by atoms with van der Waals surface area (Å²) in [6, 6.07) is 15.4. The number of nitrogens with zero attached hydrogens (tertiary/aromatic N) is 5. The van der Waals surface area contributed by atoms with E-state index in [4.69, 9.17) is 25.8 Å². The summed E-state index contributed by atoms with van der Waals surface area (Å²) in [4.78, 5) is 11.2. The van der Waals surface area contributed by atoms with Crippen LogP contribution in [0.25, 0.3) is 5.69 Å². The highest BCUT2D eigenvalue weighted by molar-refractivity contribution is 6.30. The number of carboxylic acid groups (broad SMARTS) is 1. The summed E-state index contributed by atoms with van der Waals surface area (Å²) in [6.07, 6.45) is 1.31. The van der Waals surface area contributed by atoms with Gasteiger partial charge in [0.25, 0.3) is 0 Å². The molecule has 1 N–H and O–H groups in total. The Bertz CT molecular complexity index is 1400. The van der Waals surface area contributed by atoms with E-state index in [1.54, 1.807) is 14.2 Å². The van der Waals surface area contributed by atoms with Crippen LogP contribution in [0, 0.1) is 0 Å². The van der Waals surface area contributed by atoms with E-state index in [1.807, 2.05) is 54.7 Å². The van der Waals surface area contributed by atoms with Crippen LogP contribution in [0.5, 0.6) is 11.5 Å². The van der Waals surface area contributed by atoms with Gasteiger partial charge in [0.2, 0.25) is 0 Å². The minimum atomic E-state index is -0.997. The Labute approximate surface area is 212 Å². The molecule has 0 spiro atoms. The van der Waals surface area contributed by atoms with Gasteiger partial charge in [-0.15, -0.1) is 5.10 Å². The van der Waals surface area contributed by atoms with E-state index in [1.165, 1.54) is 4.68 Å². The fraction of sp³-hybridized carbons (Fsp3) is 0.280. The molecule has 2 atom stereocenters. The third-order valence-corrected chi connectivity index (χ3v) is 6.41. The molecule has 186 valence electrons. The number of methoxy groups -OCH3 is 2. The lowest BCUT2D eigenvalue weighted by molar-refractivity contribution is -0.136. The van der Waals surface area contributed by atoms with E-state index in [0.717, 1.165) is 22.5 Å². The average Bonchev–Trinajstić information content (AvgIpc) is 3.50. The first-order chi connectivity index (χ1) is 17.5. The maximum Gasteiger partial charge on any atom is 0.311 e. The number of carboxylic acids is 1. The molecular weight excluding hydrogens is 486 g/mol. The second kappa shape index (κ2) is 10.00. The fourth-order valence-electron chi connectivity index (χ4n) is 4.61. The lowest BCUT2D eigenvalue weighted by Gasteiger charge is -2.25. The summed E-state index contributed by atoms with van der Waals surface area (Å²) in [6.45, 7) is 0.366. The predicted octanol–water partition coefficient (Wildman–Crippen LogP) is 4.01. The zero-order valence-electron chi connectivity index (χ0n) is 19.7. The van der Waals surface area contributed by atoms with E-state index in [-0.39, 0.29) is 18.3 Å². The van der Waals surface area contributed by atoms with Gasteiger partial charge in [0.15, 0.2) is 17.3 Å². The van der Waals surface area contributed by atoms with Gasteiger partial charge >= 0.3 is 5.97 Å². The van der Waals surface area contributed by atoms with Crippen molar-refractivity contribution in [2.75, 3.05) is 14.2 Å². The highest BCUT2D eigenvalue weighted by atomic mass is 35.5. The summed E-state index contributed by atoms with van der Waals surface area (Å²) in [5, 5.41) is 21.2. The molecule has 0 fully saturated rings. The van der Waals surface area contributed by atoms with Gasteiger partial charge in [0.05, 0.1) is 25.6 Å². The smallest absolute Gasteiger partial charge is 0.311 e. The number of tetrazole rings is 1. The van der Waals surface area contributed by atoms with Gasteiger partial charge in [0.1, 0.15) is 18.6 Å². The molecule has 0 amide bonds.